The van der Waals surface area contributed by atoms with Gasteiger partial charge < -0.3 is 82.3 Å². The summed E-state index contributed by atoms with van der Waals surface area (Å²) >= 11 is 0. The number of hydrogen-bond donors (Lipinski definition) is 11. The van der Waals surface area contributed by atoms with Crippen molar-refractivity contribution in [2.75, 3.05) is 81.7 Å². The SMILES string of the molecule is C=CC(C)(C)NC(=O)[C@H](C)NC(=O)[C@@H](NC(=O)CCCNC(=O)[C@@H](NC(=O)CCN1C(=O)C=CC1=O)[C@@H](NC(=O)CCN1C(=O)C=CC1=O)C(=O)NCCCC(=O)N[C@H](C(=O)N[C@@H](C)C(=O)Nc1ccc(COC(=O)N2C[C@@H]3CCCN3C(=O)c3cc(OC)c(OOc4cc5c(cc4OC)C(=O)N4CC(=C)C[C@H]4CN5C(=O)O)cc32)cc1)C(C)C)C(C)C. The summed E-state index contributed by atoms with van der Waals surface area (Å²) in [7, 11) is 2.65. The molecule has 6 aliphatic heterocycles. The lowest BCUT2D eigenvalue weighted by atomic mass is 10.0. The Balaban J connectivity index is 0.792. The molecule has 0 aliphatic carbocycles. The first-order chi connectivity index (χ1) is 58.3. The lowest BCUT2D eigenvalue weighted by molar-refractivity contribution is -0.140. The van der Waals surface area contributed by atoms with Gasteiger partial charge in [0, 0.05) is 114 Å². The number of ether oxygens (including phenoxy) is 3. The van der Waals surface area contributed by atoms with Crippen LogP contribution in [0.2, 0.25) is 0 Å². The van der Waals surface area contributed by atoms with Gasteiger partial charge >= 0.3 is 12.2 Å². The Morgan fingerprint density at radius 3 is 1.43 bits per heavy atom. The summed E-state index contributed by atoms with van der Waals surface area (Å²) in [6.45, 7) is 19.3. The molecular weight excluding hydrogens is 1610 g/mol. The number of rotatable bonds is 39. The van der Waals surface area contributed by atoms with Crippen LogP contribution in [0.3, 0.4) is 0 Å². The van der Waals surface area contributed by atoms with E-state index in [0.29, 0.717) is 31.4 Å². The zero-order valence-corrected chi connectivity index (χ0v) is 69.9. The number of imide groups is 2. The van der Waals surface area contributed by atoms with Crippen LogP contribution in [0, 0.1) is 11.8 Å². The van der Waals surface area contributed by atoms with Crippen LogP contribution in [-0.4, -0.2) is 252 Å². The number of methoxy groups -OCH3 is 2. The molecule has 6 heterocycles. The van der Waals surface area contributed by atoms with E-state index in [-0.39, 0.29) is 122 Å². The largest absolute Gasteiger partial charge is 0.493 e. The molecule has 11 N–H and O–H groups in total. The van der Waals surface area contributed by atoms with Gasteiger partial charge in [0.15, 0.2) is 11.5 Å². The third kappa shape index (κ3) is 23.9. The molecule has 0 aromatic heterocycles. The highest BCUT2D eigenvalue weighted by Crippen LogP contribution is 2.44. The van der Waals surface area contributed by atoms with Gasteiger partial charge in [0.25, 0.3) is 35.4 Å². The number of anilines is 3. The van der Waals surface area contributed by atoms with Gasteiger partial charge in [0.1, 0.15) is 42.9 Å². The fraction of sp³-hybridized carbons (Fsp3) is 0.470. The molecule has 3 aromatic carbocycles. The van der Waals surface area contributed by atoms with Crippen molar-refractivity contribution in [3.63, 3.8) is 0 Å². The minimum atomic E-state index is -2.01. The molecule has 660 valence electrons. The van der Waals surface area contributed by atoms with E-state index in [2.05, 4.69) is 66.3 Å². The number of nitrogens with zero attached hydrogens (tertiary/aromatic N) is 6. The quantitative estimate of drug-likeness (QED) is 0.0128. The Labute approximate surface area is 708 Å². The molecule has 2 saturated heterocycles. The normalized spacial score (nSPS) is 17.3. The monoisotopic (exact) mass is 1710 g/mol. The smallest absolute Gasteiger partial charge is 0.414 e. The first-order valence-corrected chi connectivity index (χ1v) is 40.1. The topological polar surface area (TPSA) is 513 Å². The van der Waals surface area contributed by atoms with Gasteiger partial charge in [-0.1, -0.05) is 58.1 Å². The van der Waals surface area contributed by atoms with E-state index in [1.54, 1.807) is 63.5 Å². The van der Waals surface area contributed by atoms with E-state index in [0.717, 1.165) is 44.6 Å². The predicted molar refractivity (Wildman–Crippen MR) is 438 cm³/mol. The molecule has 0 saturated carbocycles. The minimum Gasteiger partial charge on any atom is -0.493 e. The van der Waals surface area contributed by atoms with Crippen molar-refractivity contribution in [2.45, 2.75) is 174 Å². The van der Waals surface area contributed by atoms with E-state index in [9.17, 15) is 91.4 Å². The first kappa shape index (κ1) is 93.2. The molecular formula is C83H104N16O24. The average Bonchev–Trinajstić information content (AvgIpc) is 1.63. The average molecular weight is 1710 g/mol. The number of hydrogen-bond acceptors (Lipinski definition) is 23. The van der Waals surface area contributed by atoms with Gasteiger partial charge in [-0.3, -0.25) is 106 Å². The molecule has 0 radical (unpaired) electrons. The van der Waals surface area contributed by atoms with E-state index in [1.165, 1.54) is 75.4 Å². The highest BCUT2D eigenvalue weighted by Gasteiger charge is 2.44. The van der Waals surface area contributed by atoms with Crippen molar-refractivity contribution in [2.24, 2.45) is 11.8 Å². The maximum atomic E-state index is 14.4. The van der Waals surface area contributed by atoms with Crippen molar-refractivity contribution in [1.29, 1.82) is 0 Å². The number of amides is 18. The number of carboxylic acid groups (broad SMARTS) is 1. The summed E-state index contributed by atoms with van der Waals surface area (Å²) in [5, 5.41) is 36.1. The second-order valence-electron chi connectivity index (χ2n) is 31.4. The van der Waals surface area contributed by atoms with Crippen LogP contribution in [0.5, 0.6) is 23.0 Å². The highest BCUT2D eigenvalue weighted by atomic mass is 17.2. The van der Waals surface area contributed by atoms with Crippen molar-refractivity contribution in [3.8, 4) is 23.0 Å². The van der Waals surface area contributed by atoms with Gasteiger partial charge in [-0.05, 0) is 101 Å². The van der Waals surface area contributed by atoms with Crippen LogP contribution in [-0.2, 0) is 78.5 Å². The maximum absolute atomic E-state index is 14.4. The summed E-state index contributed by atoms with van der Waals surface area (Å²) < 4.78 is 17.1. The van der Waals surface area contributed by atoms with Crippen LogP contribution in [0.4, 0.5) is 26.7 Å². The number of fused-ring (bicyclic) bond motifs is 4. The summed E-state index contributed by atoms with van der Waals surface area (Å²) in [6.07, 6.45) is 2.80. The Bertz CT molecular complexity index is 4720. The Hall–Kier alpha value is -13.7. The predicted octanol–water partition coefficient (Wildman–Crippen LogP) is 1.81. The molecule has 0 bridgehead atoms. The highest BCUT2D eigenvalue weighted by molar-refractivity contribution is 6.14. The van der Waals surface area contributed by atoms with Crippen LogP contribution in [0.25, 0.3) is 0 Å². The Kier molecular flexibility index (Phi) is 31.4. The van der Waals surface area contributed by atoms with Crippen molar-refractivity contribution in [1.82, 2.24) is 67.5 Å². The third-order valence-electron chi connectivity index (χ3n) is 21.1. The van der Waals surface area contributed by atoms with Crippen LogP contribution in [0.15, 0.2) is 97.6 Å². The summed E-state index contributed by atoms with van der Waals surface area (Å²) in [5.74, 6) is -13.1. The molecule has 2 fully saturated rings. The van der Waals surface area contributed by atoms with Gasteiger partial charge in [0.2, 0.25) is 70.6 Å². The van der Waals surface area contributed by atoms with Gasteiger partial charge in [0.05, 0.1) is 60.9 Å². The Morgan fingerprint density at radius 2 is 0.976 bits per heavy atom. The summed E-state index contributed by atoms with van der Waals surface area (Å²) in [5.41, 5.74) is 0.966. The van der Waals surface area contributed by atoms with Crippen molar-refractivity contribution >= 4 is 124 Å². The van der Waals surface area contributed by atoms with Gasteiger partial charge in [-0.2, -0.15) is 0 Å². The van der Waals surface area contributed by atoms with E-state index >= 15 is 0 Å². The van der Waals surface area contributed by atoms with Crippen LogP contribution >= 0.6 is 0 Å². The molecule has 6 aliphatic rings. The number of carbonyl (C=O) groups excluding carboxylic acids is 17. The van der Waals surface area contributed by atoms with E-state index in [4.69, 9.17) is 24.0 Å². The second-order valence-corrected chi connectivity index (χ2v) is 31.4. The Morgan fingerprint density at radius 1 is 0.537 bits per heavy atom. The summed E-state index contributed by atoms with van der Waals surface area (Å²) in [4.78, 5) is 260. The number of nitrogens with one attached hydrogen (secondary N) is 10. The summed E-state index contributed by atoms with van der Waals surface area (Å²) in [6, 6.07) is 2.23. The molecule has 9 rings (SSSR count). The zero-order chi connectivity index (χ0) is 90.0. The standard InChI is InChI=1S/C83H104N16O24/c1-13-83(9,10)93-74(109)48(8)87-78(113)70(45(4)5)90-62(101)19-15-31-85-76(111)72(92-64(103)29-34-96-67(106)26-27-68(96)107)71(91-63(102)28-33-95-65(104)24-25-66(95)105)75(110)84-30-14-18-61(100)89-69(44(2)3)77(112)86-47(7)73(108)88-50-22-20-49(21-23-50)43-121-82(118)99-41-51-17-16-32-94(51)79(114)54-37-58(120-12)60(39-56(54)99)123-122-59-38-55-53(36-57(59)119-11)80(115)97-40-46(6)35-52(97)42-98(55)81(116)117/h13,20-27,36-39,44-45,47-48,51-52,69-72H,1,6,14-19,28-35,40-43H2,2-5,7-12H3,(H,84,110)(H,85,111)(H,86,112)(H,87,113)(H,88,108)(H,89,100)(H,90,101)(H,91,102)(H,92,103)(H,93,109)(H,116,117)/t47-,48-,51-,52-,69-,70-,71+,72-/m0/s1. The fourth-order valence-electron chi connectivity index (χ4n) is 14.2. The molecule has 40 nitrogen and oxygen atoms in total. The van der Waals surface area contributed by atoms with Crippen molar-refractivity contribution < 1.29 is 115 Å². The van der Waals surface area contributed by atoms with Crippen molar-refractivity contribution in [3.05, 3.63) is 114 Å². The molecule has 0 spiro atoms. The molecule has 0 unspecified atom stereocenters. The van der Waals surface area contributed by atoms with E-state index < -0.39 is 192 Å². The molecule has 8 atom stereocenters. The number of benzene rings is 3. The van der Waals surface area contributed by atoms with Gasteiger partial charge in [-0.25, -0.2) is 9.59 Å². The molecule has 3 aromatic rings. The molecule has 123 heavy (non-hydrogen) atoms. The minimum absolute atomic E-state index is 0.00981. The van der Waals surface area contributed by atoms with Gasteiger partial charge in [-0.15, -0.1) is 6.58 Å². The van der Waals surface area contributed by atoms with Crippen LogP contribution in [0.1, 0.15) is 139 Å². The molecule has 18 amide bonds. The zero-order valence-electron chi connectivity index (χ0n) is 69.9. The first-order valence-electron chi connectivity index (χ1n) is 40.1. The second kappa shape index (κ2) is 41.5. The fourth-order valence-corrected chi connectivity index (χ4v) is 14.2. The lowest BCUT2D eigenvalue weighted by Crippen LogP contribution is -2.64. The van der Waals surface area contributed by atoms with Crippen LogP contribution < -0.4 is 82.2 Å². The third-order valence-corrected chi connectivity index (χ3v) is 21.1. The molecule has 40 heteroatoms. The van der Waals surface area contributed by atoms with E-state index in [1.807, 2.05) is 0 Å². The lowest BCUT2D eigenvalue weighted by Gasteiger charge is -2.28. The number of carbonyl (C=O) groups is 18. The maximum Gasteiger partial charge on any atom is 0.414 e.